The van der Waals surface area contributed by atoms with E-state index in [1.54, 1.807) is 23.1 Å². The van der Waals surface area contributed by atoms with Crippen molar-refractivity contribution in [3.05, 3.63) is 35.6 Å². The summed E-state index contributed by atoms with van der Waals surface area (Å²) in [4.78, 5) is 13.9. The van der Waals surface area contributed by atoms with Crippen LogP contribution in [0.25, 0.3) is 0 Å². The first-order valence-electron chi connectivity index (χ1n) is 7.54. The lowest BCUT2D eigenvalue weighted by molar-refractivity contribution is 0.192. The maximum Gasteiger partial charge on any atom is 0.317 e. The fourth-order valence-corrected chi connectivity index (χ4v) is 3.38. The van der Waals surface area contributed by atoms with Crippen LogP contribution >= 0.6 is 0 Å². The third-order valence-corrected chi connectivity index (χ3v) is 5.36. The van der Waals surface area contributed by atoms with E-state index in [9.17, 15) is 17.6 Å². The van der Waals surface area contributed by atoms with Gasteiger partial charge in [-0.1, -0.05) is 25.1 Å². The fraction of sp³-hybridized carbons (Fsp3) is 0.533. The summed E-state index contributed by atoms with van der Waals surface area (Å²) in [6.45, 7) is 2.53. The number of urea groups is 1. The number of hydrogen-bond donors (Lipinski definition) is 2. The highest BCUT2D eigenvalue weighted by atomic mass is 32.2. The van der Waals surface area contributed by atoms with Crippen LogP contribution < -0.4 is 10.0 Å². The van der Waals surface area contributed by atoms with Gasteiger partial charge in [0.15, 0.2) is 0 Å². The Hall–Kier alpha value is -1.67. The Morgan fingerprint density at radius 3 is 2.74 bits per heavy atom. The second-order valence-electron chi connectivity index (χ2n) is 5.79. The lowest BCUT2D eigenvalue weighted by atomic mass is 10.0. The molecule has 128 valence electrons. The van der Waals surface area contributed by atoms with Crippen molar-refractivity contribution in [2.45, 2.75) is 19.4 Å². The number of halogens is 1. The Morgan fingerprint density at radius 1 is 1.39 bits per heavy atom. The molecule has 1 aliphatic heterocycles. The van der Waals surface area contributed by atoms with Crippen molar-refractivity contribution in [2.24, 2.45) is 5.92 Å². The molecule has 1 aromatic carbocycles. The van der Waals surface area contributed by atoms with Crippen molar-refractivity contribution in [1.29, 1.82) is 0 Å². The Labute approximate surface area is 136 Å². The Bertz CT molecular complexity index is 666. The molecule has 0 bridgehead atoms. The van der Waals surface area contributed by atoms with Gasteiger partial charge in [0.2, 0.25) is 10.0 Å². The molecule has 0 aromatic heterocycles. The third kappa shape index (κ3) is 4.42. The summed E-state index contributed by atoms with van der Waals surface area (Å²) in [5.41, 5.74) is 0.495. The van der Waals surface area contributed by atoms with Gasteiger partial charge in [-0.05, 0) is 25.5 Å². The third-order valence-electron chi connectivity index (χ3n) is 3.99. The highest BCUT2D eigenvalue weighted by Gasteiger charge is 2.35. The molecule has 2 N–H and O–H groups in total. The molecule has 1 heterocycles. The van der Waals surface area contributed by atoms with Crippen LogP contribution in [0.1, 0.15) is 24.9 Å². The van der Waals surface area contributed by atoms with Gasteiger partial charge in [0.1, 0.15) is 5.82 Å². The largest absolute Gasteiger partial charge is 0.337 e. The van der Waals surface area contributed by atoms with E-state index in [0.29, 0.717) is 18.5 Å². The zero-order valence-corrected chi connectivity index (χ0v) is 14.1. The van der Waals surface area contributed by atoms with Crippen LogP contribution in [-0.2, 0) is 10.0 Å². The van der Waals surface area contributed by atoms with Crippen molar-refractivity contribution >= 4 is 16.1 Å². The molecule has 0 aliphatic carbocycles. The zero-order valence-electron chi connectivity index (χ0n) is 13.3. The van der Waals surface area contributed by atoms with Gasteiger partial charge in [-0.25, -0.2) is 22.3 Å². The number of benzene rings is 1. The zero-order chi connectivity index (χ0) is 17.0. The molecule has 8 heteroatoms. The predicted molar refractivity (Wildman–Crippen MR) is 85.9 cm³/mol. The second kappa shape index (κ2) is 7.27. The smallest absolute Gasteiger partial charge is 0.317 e. The molecule has 1 fully saturated rings. The van der Waals surface area contributed by atoms with Crippen LogP contribution in [0, 0.1) is 11.7 Å². The molecule has 1 aromatic rings. The molecule has 2 rings (SSSR count). The molecular formula is C15H22FN3O3S. The number of carbonyl (C=O) groups is 1. The molecule has 2 atom stereocenters. The summed E-state index contributed by atoms with van der Waals surface area (Å²) in [5, 5.41) is 2.60. The summed E-state index contributed by atoms with van der Waals surface area (Å²) >= 11 is 0. The minimum absolute atomic E-state index is 0.0108. The van der Waals surface area contributed by atoms with E-state index < -0.39 is 10.0 Å². The molecule has 0 radical (unpaired) electrons. The van der Waals surface area contributed by atoms with E-state index in [2.05, 4.69) is 10.0 Å². The van der Waals surface area contributed by atoms with Crippen molar-refractivity contribution in [3.63, 3.8) is 0 Å². The molecule has 0 saturated carbocycles. The van der Waals surface area contributed by atoms with Crippen molar-refractivity contribution < 1.29 is 17.6 Å². The molecule has 0 spiro atoms. The highest BCUT2D eigenvalue weighted by molar-refractivity contribution is 7.89. The van der Waals surface area contributed by atoms with Crippen LogP contribution in [-0.4, -0.2) is 45.2 Å². The van der Waals surface area contributed by atoms with Gasteiger partial charge < -0.3 is 10.2 Å². The molecule has 1 saturated heterocycles. The van der Waals surface area contributed by atoms with Gasteiger partial charge in [0.05, 0.1) is 11.8 Å². The average Bonchev–Trinajstić information content (AvgIpc) is 2.89. The van der Waals surface area contributed by atoms with E-state index in [0.717, 1.165) is 0 Å². The number of sulfonamides is 1. The predicted octanol–water partition coefficient (Wildman–Crippen LogP) is 1.47. The Morgan fingerprint density at radius 2 is 2.09 bits per heavy atom. The summed E-state index contributed by atoms with van der Waals surface area (Å²) in [5.74, 6) is -0.267. The maximum absolute atomic E-state index is 14.0. The summed E-state index contributed by atoms with van der Waals surface area (Å²) in [6, 6.07) is 5.74. The monoisotopic (exact) mass is 343 g/mol. The average molecular weight is 343 g/mol. The first-order chi connectivity index (χ1) is 10.8. The molecule has 6 nitrogen and oxygen atoms in total. The van der Waals surface area contributed by atoms with E-state index in [-0.39, 0.29) is 36.1 Å². The van der Waals surface area contributed by atoms with E-state index in [1.807, 2.05) is 6.92 Å². The summed E-state index contributed by atoms with van der Waals surface area (Å²) in [6.07, 6.45) is 0.684. The highest BCUT2D eigenvalue weighted by Crippen LogP contribution is 2.36. The topological polar surface area (TPSA) is 78.5 Å². The van der Waals surface area contributed by atoms with Crippen LogP contribution in [0.3, 0.4) is 0 Å². The Kier molecular flexibility index (Phi) is 5.59. The van der Waals surface area contributed by atoms with Crippen LogP contribution in [0.5, 0.6) is 0 Å². The fourth-order valence-electron chi connectivity index (χ4n) is 2.81. The lowest BCUT2D eigenvalue weighted by Crippen LogP contribution is -2.42. The minimum Gasteiger partial charge on any atom is -0.337 e. The maximum atomic E-state index is 14.0. The SMILES string of the molecule is CNS(=O)(=O)CCNC(=O)N1C[C@@H](C)C[C@@H]1c1ccccc1F. The standard InChI is InChI=1S/C15H22FN3O3S/c1-11-9-14(12-5-3-4-6-13(12)16)19(10-11)15(20)18-7-8-23(21,22)17-2/h3-6,11,14,17H,7-10H2,1-2H3,(H,18,20)/t11-,14+/m0/s1. The first kappa shape index (κ1) is 17.7. The number of hydrogen-bond acceptors (Lipinski definition) is 3. The summed E-state index contributed by atoms with van der Waals surface area (Å²) < 4.78 is 38.9. The van der Waals surface area contributed by atoms with Gasteiger partial charge in [0.25, 0.3) is 0 Å². The summed E-state index contributed by atoms with van der Waals surface area (Å²) in [7, 11) is -2.04. The van der Waals surface area contributed by atoms with Gasteiger partial charge in [-0.3, -0.25) is 0 Å². The van der Waals surface area contributed by atoms with Gasteiger partial charge in [-0.15, -0.1) is 0 Å². The van der Waals surface area contributed by atoms with Crippen molar-refractivity contribution in [1.82, 2.24) is 14.9 Å². The van der Waals surface area contributed by atoms with E-state index in [1.165, 1.54) is 13.1 Å². The van der Waals surface area contributed by atoms with Gasteiger partial charge in [-0.2, -0.15) is 0 Å². The van der Waals surface area contributed by atoms with E-state index in [4.69, 9.17) is 0 Å². The quantitative estimate of drug-likeness (QED) is 0.850. The normalized spacial score (nSPS) is 21.4. The number of carbonyl (C=O) groups excluding carboxylic acids is 1. The number of likely N-dealkylation sites (tertiary alicyclic amines) is 1. The molecule has 23 heavy (non-hydrogen) atoms. The van der Waals surface area contributed by atoms with Gasteiger partial charge >= 0.3 is 6.03 Å². The van der Waals surface area contributed by atoms with Gasteiger partial charge in [0, 0.05) is 18.7 Å². The molecule has 2 amide bonds. The van der Waals surface area contributed by atoms with Crippen molar-refractivity contribution in [3.8, 4) is 0 Å². The second-order valence-corrected chi connectivity index (χ2v) is 7.83. The molecule has 1 aliphatic rings. The van der Waals surface area contributed by atoms with Crippen molar-refractivity contribution in [2.75, 3.05) is 25.9 Å². The number of amides is 2. The number of nitrogens with zero attached hydrogens (tertiary/aromatic N) is 1. The molecule has 0 unspecified atom stereocenters. The molecular weight excluding hydrogens is 321 g/mol. The Balaban J connectivity index is 2.05. The number of nitrogens with one attached hydrogen (secondary N) is 2. The van der Waals surface area contributed by atoms with E-state index >= 15 is 0 Å². The van der Waals surface area contributed by atoms with Crippen LogP contribution in [0.4, 0.5) is 9.18 Å². The lowest BCUT2D eigenvalue weighted by Gasteiger charge is -2.25. The number of rotatable bonds is 5. The van der Waals surface area contributed by atoms with Crippen LogP contribution in [0.2, 0.25) is 0 Å². The van der Waals surface area contributed by atoms with Crippen LogP contribution in [0.15, 0.2) is 24.3 Å². The first-order valence-corrected chi connectivity index (χ1v) is 9.19. The minimum atomic E-state index is -3.37.